The maximum absolute atomic E-state index is 12.8. The van der Waals surface area contributed by atoms with E-state index in [1.807, 2.05) is 11.8 Å². The van der Waals surface area contributed by atoms with Crippen LogP contribution in [-0.2, 0) is 4.79 Å². The van der Waals surface area contributed by atoms with E-state index in [1.165, 1.54) is 0 Å². The van der Waals surface area contributed by atoms with Crippen molar-refractivity contribution < 1.29 is 14.4 Å². The number of carbonyl (C=O) groups is 3. The molecule has 7 heteroatoms. The van der Waals surface area contributed by atoms with Gasteiger partial charge in [0.1, 0.15) is 0 Å². The number of piperidine rings is 1. The average Bonchev–Trinajstić information content (AvgIpc) is 2.78. The van der Waals surface area contributed by atoms with Gasteiger partial charge in [0.2, 0.25) is 5.91 Å². The number of rotatable bonds is 7. The number of hydrogen-bond acceptors (Lipinski definition) is 4. The van der Waals surface area contributed by atoms with Gasteiger partial charge in [0, 0.05) is 42.1 Å². The molecule has 31 heavy (non-hydrogen) atoms. The minimum atomic E-state index is -0.236. The molecule has 7 nitrogen and oxygen atoms in total. The van der Waals surface area contributed by atoms with E-state index >= 15 is 0 Å². The van der Waals surface area contributed by atoms with Crippen LogP contribution in [0.1, 0.15) is 47.4 Å². The van der Waals surface area contributed by atoms with Crippen LogP contribution in [0.25, 0.3) is 0 Å². The highest BCUT2D eigenvalue weighted by molar-refractivity contribution is 5.98. The van der Waals surface area contributed by atoms with Crippen LogP contribution in [0.3, 0.4) is 0 Å². The zero-order chi connectivity index (χ0) is 22.2. The molecule has 0 atom stereocenters. The van der Waals surface area contributed by atoms with Crippen LogP contribution >= 0.6 is 0 Å². The highest BCUT2D eigenvalue weighted by Crippen LogP contribution is 2.19. The Morgan fingerprint density at radius 3 is 2.32 bits per heavy atom. The lowest BCUT2D eigenvalue weighted by Crippen LogP contribution is -2.37. The molecule has 0 spiro atoms. The van der Waals surface area contributed by atoms with E-state index in [-0.39, 0.29) is 24.3 Å². The molecule has 2 aromatic rings. The van der Waals surface area contributed by atoms with Crippen LogP contribution in [-0.4, -0.2) is 48.8 Å². The van der Waals surface area contributed by atoms with Crippen molar-refractivity contribution in [1.82, 2.24) is 10.2 Å². The smallest absolute Gasteiger partial charge is 0.253 e. The zero-order valence-corrected chi connectivity index (χ0v) is 18.1. The summed E-state index contributed by atoms with van der Waals surface area (Å²) in [5.74, 6) is 0.271. The summed E-state index contributed by atoms with van der Waals surface area (Å²) in [6.07, 6.45) is 2.05. The lowest BCUT2D eigenvalue weighted by atomic mass is 9.98. The van der Waals surface area contributed by atoms with Crippen molar-refractivity contribution >= 4 is 29.1 Å². The largest absolute Gasteiger partial charge is 0.376 e. The molecule has 0 bridgehead atoms. The lowest BCUT2D eigenvalue weighted by Gasteiger charge is -2.30. The van der Waals surface area contributed by atoms with Gasteiger partial charge in [-0.2, -0.15) is 0 Å². The van der Waals surface area contributed by atoms with Gasteiger partial charge in [-0.15, -0.1) is 0 Å². The maximum Gasteiger partial charge on any atom is 0.253 e. The van der Waals surface area contributed by atoms with E-state index in [0.717, 1.165) is 25.9 Å². The molecule has 1 aliphatic rings. The molecule has 3 amide bonds. The topological polar surface area (TPSA) is 90.5 Å². The first-order valence-corrected chi connectivity index (χ1v) is 10.8. The fraction of sp³-hybridized carbons (Fsp3) is 0.375. The van der Waals surface area contributed by atoms with E-state index in [0.29, 0.717) is 35.0 Å². The second-order valence-electron chi connectivity index (χ2n) is 7.90. The summed E-state index contributed by atoms with van der Waals surface area (Å²) in [5, 5.41) is 8.60. The summed E-state index contributed by atoms with van der Waals surface area (Å²) in [6, 6.07) is 14.0. The van der Waals surface area contributed by atoms with Crippen molar-refractivity contribution in [3.63, 3.8) is 0 Å². The Hall–Kier alpha value is -3.35. The van der Waals surface area contributed by atoms with Crippen LogP contribution in [0.15, 0.2) is 48.5 Å². The fourth-order valence-corrected chi connectivity index (χ4v) is 3.54. The quantitative estimate of drug-likeness (QED) is 0.638. The Labute approximate surface area is 183 Å². The third-order valence-corrected chi connectivity index (χ3v) is 5.38. The number of amides is 3. The molecule has 1 heterocycles. The first-order chi connectivity index (χ1) is 15.0. The number of anilines is 2. The van der Waals surface area contributed by atoms with Crippen molar-refractivity contribution in [1.29, 1.82) is 0 Å². The van der Waals surface area contributed by atoms with Gasteiger partial charge >= 0.3 is 0 Å². The molecule has 0 aromatic heterocycles. The predicted octanol–water partition coefficient (Wildman–Crippen LogP) is 3.36. The van der Waals surface area contributed by atoms with Crippen LogP contribution < -0.4 is 16.0 Å². The molecule has 2 aromatic carbocycles. The molecule has 0 radical (unpaired) electrons. The number of hydrogen-bond donors (Lipinski definition) is 3. The van der Waals surface area contributed by atoms with Crippen molar-refractivity contribution in [2.75, 3.05) is 36.8 Å². The number of carbonyl (C=O) groups excluding carboxylic acids is 3. The fourth-order valence-electron chi connectivity index (χ4n) is 3.54. The molecule has 3 N–H and O–H groups in total. The van der Waals surface area contributed by atoms with Crippen molar-refractivity contribution in [2.45, 2.75) is 26.7 Å². The monoisotopic (exact) mass is 422 g/mol. The number of nitrogens with zero attached hydrogens (tertiary/aromatic N) is 1. The molecule has 1 aliphatic heterocycles. The Bertz CT molecular complexity index is 936. The van der Waals surface area contributed by atoms with Crippen molar-refractivity contribution in [2.24, 2.45) is 5.92 Å². The number of benzene rings is 2. The molecule has 0 unspecified atom stereocenters. The molecular formula is C24H30N4O3. The summed E-state index contributed by atoms with van der Waals surface area (Å²) in [7, 11) is 0. The predicted molar refractivity (Wildman–Crippen MR) is 122 cm³/mol. The molecular weight excluding hydrogens is 392 g/mol. The van der Waals surface area contributed by atoms with E-state index < -0.39 is 0 Å². The second kappa shape index (κ2) is 10.6. The van der Waals surface area contributed by atoms with Gasteiger partial charge in [-0.1, -0.05) is 19.1 Å². The van der Waals surface area contributed by atoms with Crippen LogP contribution in [0, 0.1) is 5.92 Å². The summed E-state index contributed by atoms with van der Waals surface area (Å²) in [6.45, 7) is 6.21. The zero-order valence-electron chi connectivity index (χ0n) is 18.1. The van der Waals surface area contributed by atoms with Gasteiger partial charge in [0.25, 0.3) is 11.8 Å². The summed E-state index contributed by atoms with van der Waals surface area (Å²) in [4.78, 5) is 39.0. The maximum atomic E-state index is 12.8. The van der Waals surface area contributed by atoms with Crippen LogP contribution in [0.4, 0.5) is 11.4 Å². The highest BCUT2D eigenvalue weighted by atomic mass is 16.2. The average molecular weight is 423 g/mol. The molecule has 0 saturated carbocycles. The van der Waals surface area contributed by atoms with Gasteiger partial charge in [-0.25, -0.2) is 0 Å². The molecule has 1 saturated heterocycles. The summed E-state index contributed by atoms with van der Waals surface area (Å²) >= 11 is 0. The SMILES string of the molecule is CCNC(=O)c1cccc(NCC(=O)Nc2cccc(C(=O)N3CCC(C)CC3)c2)c1. The van der Waals surface area contributed by atoms with Crippen LogP contribution in [0.2, 0.25) is 0 Å². The van der Waals surface area contributed by atoms with E-state index in [2.05, 4.69) is 22.9 Å². The lowest BCUT2D eigenvalue weighted by molar-refractivity contribution is -0.114. The summed E-state index contributed by atoms with van der Waals surface area (Å²) < 4.78 is 0. The Balaban J connectivity index is 1.55. The third-order valence-electron chi connectivity index (χ3n) is 5.38. The van der Waals surface area contributed by atoms with Crippen molar-refractivity contribution in [3.05, 3.63) is 59.7 Å². The van der Waals surface area contributed by atoms with Gasteiger partial charge in [-0.05, 0) is 62.1 Å². The Kier molecular flexibility index (Phi) is 7.65. The normalized spacial score (nSPS) is 14.1. The van der Waals surface area contributed by atoms with E-state index in [9.17, 15) is 14.4 Å². The van der Waals surface area contributed by atoms with E-state index in [4.69, 9.17) is 0 Å². The van der Waals surface area contributed by atoms with Gasteiger partial charge < -0.3 is 20.9 Å². The van der Waals surface area contributed by atoms with E-state index in [1.54, 1.807) is 48.5 Å². The molecule has 0 aliphatic carbocycles. The number of likely N-dealkylation sites (tertiary alicyclic amines) is 1. The molecule has 3 rings (SSSR count). The molecule has 164 valence electrons. The minimum absolute atomic E-state index is 0.00305. The molecule has 1 fully saturated rings. The van der Waals surface area contributed by atoms with Gasteiger partial charge in [0.05, 0.1) is 6.54 Å². The first kappa shape index (κ1) is 22.3. The Morgan fingerprint density at radius 1 is 0.968 bits per heavy atom. The number of nitrogens with one attached hydrogen (secondary N) is 3. The standard InChI is InChI=1S/C24H30N4O3/c1-3-25-23(30)18-6-4-8-20(14-18)26-16-22(29)27-21-9-5-7-19(15-21)24(31)28-12-10-17(2)11-13-28/h4-9,14-15,17,26H,3,10-13,16H2,1-2H3,(H,25,30)(H,27,29). The van der Waals surface area contributed by atoms with Gasteiger partial charge in [0.15, 0.2) is 0 Å². The van der Waals surface area contributed by atoms with Crippen LogP contribution in [0.5, 0.6) is 0 Å². The van der Waals surface area contributed by atoms with Gasteiger partial charge in [-0.3, -0.25) is 14.4 Å². The first-order valence-electron chi connectivity index (χ1n) is 10.8. The highest BCUT2D eigenvalue weighted by Gasteiger charge is 2.21. The van der Waals surface area contributed by atoms with Crippen molar-refractivity contribution in [3.8, 4) is 0 Å². The summed E-state index contributed by atoms with van der Waals surface area (Å²) in [5.41, 5.74) is 2.38. The Morgan fingerprint density at radius 2 is 1.61 bits per heavy atom. The second-order valence-corrected chi connectivity index (χ2v) is 7.90. The minimum Gasteiger partial charge on any atom is -0.376 e. The third kappa shape index (κ3) is 6.31.